The Labute approximate surface area is 122 Å². The summed E-state index contributed by atoms with van der Waals surface area (Å²) in [6.45, 7) is 1.74. The van der Waals surface area contributed by atoms with E-state index >= 15 is 0 Å². The third-order valence-corrected chi connectivity index (χ3v) is 4.18. The fourth-order valence-corrected chi connectivity index (χ4v) is 2.84. The molecular formula is C15H18N2O4. The lowest BCUT2D eigenvalue weighted by atomic mass is 9.91. The highest BCUT2D eigenvalue weighted by Crippen LogP contribution is 2.29. The molecule has 0 bridgehead atoms. The summed E-state index contributed by atoms with van der Waals surface area (Å²) in [4.78, 5) is 25.2. The zero-order valence-corrected chi connectivity index (χ0v) is 11.7. The minimum absolute atomic E-state index is 0.0628. The number of hydrogen-bond acceptors (Lipinski definition) is 4. The van der Waals surface area contributed by atoms with Crippen LogP contribution in [0.25, 0.3) is 0 Å². The van der Waals surface area contributed by atoms with Gasteiger partial charge in [-0.05, 0) is 17.7 Å². The summed E-state index contributed by atoms with van der Waals surface area (Å²) in [7, 11) is 0. The summed E-state index contributed by atoms with van der Waals surface area (Å²) < 4.78 is 5.33. The van der Waals surface area contributed by atoms with E-state index in [4.69, 9.17) is 4.74 Å². The molecule has 2 aliphatic heterocycles. The number of nitrogens with one attached hydrogen (secondary N) is 1. The number of phenolic OH excluding ortho intramolecular Hbond substituents is 1. The summed E-state index contributed by atoms with van der Waals surface area (Å²) in [5.41, 5.74) is 0.457. The van der Waals surface area contributed by atoms with Crippen molar-refractivity contribution in [3.8, 4) is 5.75 Å². The number of phenols is 1. The maximum Gasteiger partial charge on any atom is 0.407 e. The topological polar surface area (TPSA) is 78.9 Å². The number of rotatable bonds is 2. The predicted molar refractivity (Wildman–Crippen MR) is 74.8 cm³/mol. The lowest BCUT2D eigenvalue weighted by Crippen LogP contribution is -2.48. The van der Waals surface area contributed by atoms with Gasteiger partial charge in [0.15, 0.2) is 0 Å². The zero-order chi connectivity index (χ0) is 14.9. The predicted octanol–water partition coefficient (Wildman–Crippen LogP) is 1.04. The Morgan fingerprint density at radius 2 is 1.95 bits per heavy atom. The van der Waals surface area contributed by atoms with E-state index in [-0.39, 0.29) is 17.7 Å². The van der Waals surface area contributed by atoms with Crippen molar-refractivity contribution in [2.45, 2.75) is 24.9 Å². The minimum Gasteiger partial charge on any atom is -0.508 e. The number of ether oxygens (including phenoxy) is 1. The molecule has 0 atom stereocenters. The van der Waals surface area contributed by atoms with Crippen LogP contribution in [0, 0.1) is 0 Å². The van der Waals surface area contributed by atoms with Crippen LogP contribution in [0.1, 0.15) is 18.4 Å². The Bertz CT molecular complexity index is 547. The average molecular weight is 290 g/mol. The van der Waals surface area contributed by atoms with Gasteiger partial charge in [-0.1, -0.05) is 12.1 Å². The first kappa shape index (κ1) is 13.7. The van der Waals surface area contributed by atoms with Crippen LogP contribution in [0.4, 0.5) is 4.79 Å². The number of aromatic hydroxyl groups is 1. The molecule has 1 spiro atoms. The summed E-state index contributed by atoms with van der Waals surface area (Å²) >= 11 is 0. The maximum atomic E-state index is 12.3. The van der Waals surface area contributed by atoms with Crippen LogP contribution in [-0.2, 0) is 16.0 Å². The van der Waals surface area contributed by atoms with E-state index in [1.54, 1.807) is 24.3 Å². The third kappa shape index (κ3) is 2.94. The van der Waals surface area contributed by atoms with E-state index in [0.29, 0.717) is 38.9 Å². The van der Waals surface area contributed by atoms with Gasteiger partial charge in [-0.25, -0.2) is 4.79 Å². The van der Waals surface area contributed by atoms with Gasteiger partial charge in [0.05, 0.1) is 13.0 Å². The molecule has 2 aliphatic rings. The van der Waals surface area contributed by atoms with E-state index < -0.39 is 5.60 Å². The van der Waals surface area contributed by atoms with Gasteiger partial charge in [-0.3, -0.25) is 4.79 Å². The molecule has 2 amide bonds. The molecule has 0 radical (unpaired) electrons. The van der Waals surface area contributed by atoms with Crippen molar-refractivity contribution in [2.24, 2.45) is 0 Å². The van der Waals surface area contributed by atoms with Crippen molar-refractivity contribution in [3.05, 3.63) is 29.8 Å². The second kappa shape index (κ2) is 5.27. The zero-order valence-electron chi connectivity index (χ0n) is 11.7. The van der Waals surface area contributed by atoms with E-state index in [9.17, 15) is 14.7 Å². The number of amides is 2. The van der Waals surface area contributed by atoms with Crippen molar-refractivity contribution in [3.63, 3.8) is 0 Å². The van der Waals surface area contributed by atoms with Gasteiger partial charge in [0.2, 0.25) is 5.91 Å². The highest BCUT2D eigenvalue weighted by molar-refractivity contribution is 5.79. The van der Waals surface area contributed by atoms with Crippen LogP contribution in [0.15, 0.2) is 24.3 Å². The van der Waals surface area contributed by atoms with Gasteiger partial charge >= 0.3 is 6.09 Å². The SMILES string of the molecule is O=C1NCC2(CCN(C(=O)Cc3ccc(O)cc3)CC2)O1. The Hall–Kier alpha value is -2.24. The Morgan fingerprint density at radius 1 is 1.29 bits per heavy atom. The fraction of sp³-hybridized carbons (Fsp3) is 0.467. The molecule has 21 heavy (non-hydrogen) atoms. The number of carbonyl (C=O) groups is 2. The molecule has 6 heteroatoms. The number of nitrogens with zero attached hydrogens (tertiary/aromatic N) is 1. The van der Waals surface area contributed by atoms with Crippen LogP contribution in [0.2, 0.25) is 0 Å². The average Bonchev–Trinajstić information content (AvgIpc) is 2.83. The van der Waals surface area contributed by atoms with Crippen LogP contribution >= 0.6 is 0 Å². The number of benzene rings is 1. The highest BCUT2D eigenvalue weighted by atomic mass is 16.6. The Morgan fingerprint density at radius 3 is 2.52 bits per heavy atom. The highest BCUT2D eigenvalue weighted by Gasteiger charge is 2.43. The minimum atomic E-state index is -0.424. The Balaban J connectivity index is 1.55. The standard InChI is InChI=1S/C15H18N2O4/c18-12-3-1-11(2-4-12)9-13(19)17-7-5-15(6-8-17)10-16-14(20)21-15/h1-4,18H,5-10H2,(H,16,20). The van der Waals surface area contributed by atoms with Gasteiger partial charge < -0.3 is 20.1 Å². The van der Waals surface area contributed by atoms with Crippen molar-refractivity contribution >= 4 is 12.0 Å². The molecule has 0 aromatic heterocycles. The van der Waals surface area contributed by atoms with Crippen LogP contribution < -0.4 is 5.32 Å². The summed E-state index contributed by atoms with van der Waals surface area (Å²) in [5.74, 6) is 0.259. The van der Waals surface area contributed by atoms with Gasteiger partial charge in [-0.15, -0.1) is 0 Å². The van der Waals surface area contributed by atoms with E-state index in [0.717, 1.165) is 5.56 Å². The molecule has 6 nitrogen and oxygen atoms in total. The molecule has 1 aromatic carbocycles. The van der Waals surface area contributed by atoms with Crippen molar-refractivity contribution in [2.75, 3.05) is 19.6 Å². The summed E-state index contributed by atoms with van der Waals surface area (Å²) in [5, 5.41) is 11.9. The van der Waals surface area contributed by atoms with Gasteiger partial charge in [0.1, 0.15) is 11.4 Å². The molecule has 0 aliphatic carbocycles. The smallest absolute Gasteiger partial charge is 0.407 e. The molecular weight excluding hydrogens is 272 g/mol. The lowest BCUT2D eigenvalue weighted by molar-refractivity contribution is -0.133. The normalized spacial score (nSPS) is 20.2. The first-order valence-electron chi connectivity index (χ1n) is 7.09. The summed E-state index contributed by atoms with van der Waals surface area (Å²) in [6, 6.07) is 6.66. The second-order valence-electron chi connectivity index (χ2n) is 5.65. The van der Waals surface area contributed by atoms with Crippen LogP contribution in [-0.4, -0.2) is 47.2 Å². The van der Waals surface area contributed by atoms with E-state index in [2.05, 4.69) is 5.32 Å². The van der Waals surface area contributed by atoms with Crippen molar-refractivity contribution < 1.29 is 19.4 Å². The van der Waals surface area contributed by atoms with E-state index in [1.807, 2.05) is 4.90 Å². The molecule has 1 aromatic rings. The monoisotopic (exact) mass is 290 g/mol. The van der Waals surface area contributed by atoms with Crippen LogP contribution in [0.5, 0.6) is 5.75 Å². The fourth-order valence-electron chi connectivity index (χ4n) is 2.84. The van der Waals surface area contributed by atoms with Gasteiger partial charge in [0.25, 0.3) is 0 Å². The summed E-state index contributed by atoms with van der Waals surface area (Å²) in [6.07, 6.45) is 1.31. The molecule has 112 valence electrons. The number of carbonyl (C=O) groups excluding carboxylic acids is 2. The largest absolute Gasteiger partial charge is 0.508 e. The molecule has 2 N–H and O–H groups in total. The molecule has 2 heterocycles. The van der Waals surface area contributed by atoms with Crippen molar-refractivity contribution in [1.29, 1.82) is 0 Å². The Kier molecular flexibility index (Phi) is 3.45. The molecule has 2 saturated heterocycles. The number of alkyl carbamates (subject to hydrolysis) is 1. The first-order chi connectivity index (χ1) is 10.1. The molecule has 0 unspecified atom stereocenters. The lowest BCUT2D eigenvalue weighted by Gasteiger charge is -2.37. The molecule has 3 rings (SSSR count). The number of hydrogen-bond donors (Lipinski definition) is 2. The van der Waals surface area contributed by atoms with E-state index in [1.165, 1.54) is 0 Å². The molecule has 2 fully saturated rings. The van der Waals surface area contributed by atoms with Gasteiger partial charge in [0, 0.05) is 25.9 Å². The number of likely N-dealkylation sites (tertiary alicyclic amines) is 1. The first-order valence-corrected chi connectivity index (χ1v) is 7.09. The van der Waals surface area contributed by atoms with Crippen molar-refractivity contribution in [1.82, 2.24) is 10.2 Å². The second-order valence-corrected chi connectivity index (χ2v) is 5.65. The third-order valence-electron chi connectivity index (χ3n) is 4.18. The van der Waals surface area contributed by atoms with Crippen LogP contribution in [0.3, 0.4) is 0 Å². The maximum absolute atomic E-state index is 12.3. The number of piperidine rings is 1. The molecule has 0 saturated carbocycles. The van der Waals surface area contributed by atoms with Gasteiger partial charge in [-0.2, -0.15) is 0 Å². The quantitative estimate of drug-likeness (QED) is 0.853.